The number of thioether (sulfide) groups is 1. The lowest BCUT2D eigenvalue weighted by Crippen LogP contribution is -2.47. The lowest BCUT2D eigenvalue weighted by atomic mass is 9.90. The molecule has 0 bridgehead atoms. The molecule has 2 rings (SSSR count). The van der Waals surface area contributed by atoms with Gasteiger partial charge in [0.25, 0.3) is 0 Å². The molecule has 0 amide bonds. The van der Waals surface area contributed by atoms with Gasteiger partial charge in [-0.15, -0.1) is 0 Å². The quantitative estimate of drug-likeness (QED) is 0.821. The van der Waals surface area contributed by atoms with Crippen LogP contribution in [0.2, 0.25) is 0 Å². The van der Waals surface area contributed by atoms with E-state index in [2.05, 4.69) is 30.9 Å². The van der Waals surface area contributed by atoms with Gasteiger partial charge in [0.1, 0.15) is 0 Å². The van der Waals surface area contributed by atoms with Crippen LogP contribution in [0.4, 0.5) is 4.39 Å². The summed E-state index contributed by atoms with van der Waals surface area (Å²) in [5.41, 5.74) is 1.04. The first-order valence-corrected chi connectivity index (χ1v) is 8.77. The molecule has 0 spiro atoms. The van der Waals surface area contributed by atoms with Crippen LogP contribution in [0.3, 0.4) is 0 Å². The van der Waals surface area contributed by atoms with Crippen LogP contribution in [0.25, 0.3) is 0 Å². The van der Waals surface area contributed by atoms with E-state index in [1.54, 1.807) is 12.1 Å². The molecule has 2 atom stereocenters. The number of rotatable bonds is 7. The number of hydrogen-bond acceptors (Lipinski definition) is 3. The van der Waals surface area contributed by atoms with Gasteiger partial charge in [-0.1, -0.05) is 13.0 Å². The zero-order valence-corrected chi connectivity index (χ0v) is 14.1. The van der Waals surface area contributed by atoms with E-state index in [1.807, 2.05) is 6.07 Å². The molecule has 1 aliphatic rings. The Morgan fingerprint density at radius 2 is 2.29 bits per heavy atom. The van der Waals surface area contributed by atoms with Crippen molar-refractivity contribution in [1.82, 2.24) is 5.32 Å². The van der Waals surface area contributed by atoms with Crippen LogP contribution in [0.5, 0.6) is 5.75 Å². The van der Waals surface area contributed by atoms with Gasteiger partial charge in [-0.05, 0) is 62.6 Å². The largest absolute Gasteiger partial charge is 0.494 e. The Bertz CT molecular complexity index is 460. The minimum absolute atomic E-state index is 0.256. The van der Waals surface area contributed by atoms with E-state index in [1.165, 1.54) is 25.7 Å². The van der Waals surface area contributed by atoms with Crippen molar-refractivity contribution in [3.63, 3.8) is 0 Å². The smallest absolute Gasteiger partial charge is 0.165 e. The first kappa shape index (κ1) is 16.6. The van der Waals surface area contributed by atoms with Crippen LogP contribution >= 0.6 is 11.8 Å². The summed E-state index contributed by atoms with van der Waals surface area (Å²) in [6.07, 6.45) is 4.50. The molecular formula is C17H26FNOS. The molecule has 2 unspecified atom stereocenters. The molecule has 118 valence electrons. The molecule has 0 aromatic heterocycles. The first-order valence-electron chi connectivity index (χ1n) is 7.79. The Hall–Kier alpha value is -0.740. The summed E-state index contributed by atoms with van der Waals surface area (Å²) >= 11 is 2.05. The number of benzene rings is 1. The molecule has 1 aliphatic heterocycles. The summed E-state index contributed by atoms with van der Waals surface area (Å²) in [5.74, 6) is 1.28. The average Bonchev–Trinajstić information content (AvgIpc) is 2.91. The van der Waals surface area contributed by atoms with Crippen LogP contribution in [0.1, 0.15) is 38.7 Å². The van der Waals surface area contributed by atoms with Gasteiger partial charge in [0.15, 0.2) is 11.6 Å². The van der Waals surface area contributed by atoms with Gasteiger partial charge < -0.3 is 10.1 Å². The van der Waals surface area contributed by atoms with E-state index >= 15 is 0 Å². The molecular weight excluding hydrogens is 285 g/mol. The minimum Gasteiger partial charge on any atom is -0.494 e. The minimum atomic E-state index is -0.270. The third-order valence-corrected chi connectivity index (χ3v) is 5.92. The summed E-state index contributed by atoms with van der Waals surface area (Å²) in [5, 5.41) is 3.67. The van der Waals surface area contributed by atoms with Crippen molar-refractivity contribution in [2.75, 3.05) is 19.4 Å². The number of nitrogens with one attached hydrogen (secondary N) is 1. The molecule has 0 radical (unpaired) electrons. The molecule has 0 aliphatic carbocycles. The molecule has 1 N–H and O–H groups in total. The van der Waals surface area contributed by atoms with Crippen LogP contribution in [0.15, 0.2) is 18.2 Å². The fraction of sp³-hybridized carbons (Fsp3) is 0.647. The molecule has 21 heavy (non-hydrogen) atoms. The fourth-order valence-corrected chi connectivity index (χ4v) is 4.38. The van der Waals surface area contributed by atoms with Crippen LogP contribution in [-0.2, 0) is 6.42 Å². The molecule has 1 aromatic carbocycles. The SMILES string of the molecule is CCCNC(Cc1ccc(OC)c(F)c1)C1(C)CCCS1. The second kappa shape index (κ2) is 7.50. The second-order valence-corrected chi connectivity index (χ2v) is 7.57. The first-order chi connectivity index (χ1) is 10.1. The highest BCUT2D eigenvalue weighted by Crippen LogP contribution is 2.41. The van der Waals surface area contributed by atoms with E-state index in [-0.39, 0.29) is 10.6 Å². The number of halogens is 1. The third kappa shape index (κ3) is 4.13. The Kier molecular flexibility index (Phi) is 5.94. The normalized spacial score (nSPS) is 23.2. The number of ether oxygens (including phenoxy) is 1. The summed E-state index contributed by atoms with van der Waals surface area (Å²) in [6, 6.07) is 5.71. The molecule has 1 saturated heterocycles. The second-order valence-electron chi connectivity index (χ2n) is 5.94. The molecule has 2 nitrogen and oxygen atoms in total. The predicted molar refractivity (Wildman–Crippen MR) is 88.8 cm³/mol. The highest BCUT2D eigenvalue weighted by atomic mass is 32.2. The van der Waals surface area contributed by atoms with E-state index in [4.69, 9.17) is 4.74 Å². The van der Waals surface area contributed by atoms with Crippen LogP contribution in [0, 0.1) is 5.82 Å². The third-order valence-electron chi connectivity index (χ3n) is 4.28. The zero-order chi connectivity index (χ0) is 15.3. The summed E-state index contributed by atoms with van der Waals surface area (Å²) in [4.78, 5) is 0. The highest BCUT2D eigenvalue weighted by molar-refractivity contribution is 8.00. The number of hydrogen-bond donors (Lipinski definition) is 1. The van der Waals surface area contributed by atoms with Gasteiger partial charge in [-0.3, -0.25) is 0 Å². The topological polar surface area (TPSA) is 21.3 Å². The van der Waals surface area contributed by atoms with E-state index in [0.717, 1.165) is 24.9 Å². The molecule has 1 fully saturated rings. The maximum absolute atomic E-state index is 13.9. The fourth-order valence-electron chi connectivity index (χ4n) is 2.97. The monoisotopic (exact) mass is 311 g/mol. The van der Waals surface area contributed by atoms with Crippen molar-refractivity contribution in [1.29, 1.82) is 0 Å². The zero-order valence-electron chi connectivity index (χ0n) is 13.2. The molecule has 4 heteroatoms. The van der Waals surface area contributed by atoms with Crippen molar-refractivity contribution in [2.24, 2.45) is 0 Å². The molecule has 0 saturated carbocycles. The summed E-state index contributed by atoms with van der Waals surface area (Å²) in [7, 11) is 1.50. The van der Waals surface area contributed by atoms with Crippen molar-refractivity contribution in [2.45, 2.75) is 50.3 Å². The Morgan fingerprint density at radius 1 is 1.48 bits per heavy atom. The van der Waals surface area contributed by atoms with Crippen molar-refractivity contribution in [3.8, 4) is 5.75 Å². The predicted octanol–water partition coefficient (Wildman–Crippen LogP) is 4.03. The van der Waals surface area contributed by atoms with Crippen molar-refractivity contribution in [3.05, 3.63) is 29.6 Å². The Labute approximate surface area is 131 Å². The molecule has 1 heterocycles. The van der Waals surface area contributed by atoms with Crippen LogP contribution in [-0.4, -0.2) is 30.2 Å². The van der Waals surface area contributed by atoms with Crippen LogP contribution < -0.4 is 10.1 Å². The van der Waals surface area contributed by atoms with Gasteiger partial charge >= 0.3 is 0 Å². The number of methoxy groups -OCH3 is 1. The van der Waals surface area contributed by atoms with Gasteiger partial charge in [0.05, 0.1) is 7.11 Å². The van der Waals surface area contributed by atoms with Gasteiger partial charge in [-0.25, -0.2) is 4.39 Å². The van der Waals surface area contributed by atoms with E-state index < -0.39 is 0 Å². The lowest BCUT2D eigenvalue weighted by Gasteiger charge is -2.34. The summed E-state index contributed by atoms with van der Waals surface area (Å²) in [6.45, 7) is 5.54. The maximum atomic E-state index is 13.9. The van der Waals surface area contributed by atoms with Crippen molar-refractivity contribution >= 4 is 11.8 Å². The summed E-state index contributed by atoms with van der Waals surface area (Å²) < 4.78 is 19.1. The molecule has 1 aromatic rings. The lowest BCUT2D eigenvalue weighted by molar-refractivity contribution is 0.383. The van der Waals surface area contributed by atoms with Crippen molar-refractivity contribution < 1.29 is 9.13 Å². The van der Waals surface area contributed by atoms with Gasteiger partial charge in [0, 0.05) is 10.8 Å². The Balaban J connectivity index is 2.12. The standard InChI is InChI=1S/C17H26FNOS/c1-4-9-19-16(17(2)8-5-10-21-17)12-13-6-7-15(20-3)14(18)11-13/h6-7,11,16,19H,4-5,8-10,12H2,1-3H3. The van der Waals surface area contributed by atoms with E-state index in [0.29, 0.717) is 11.8 Å². The van der Waals surface area contributed by atoms with E-state index in [9.17, 15) is 4.39 Å². The average molecular weight is 311 g/mol. The maximum Gasteiger partial charge on any atom is 0.165 e. The van der Waals surface area contributed by atoms with Gasteiger partial charge in [-0.2, -0.15) is 11.8 Å². The van der Waals surface area contributed by atoms with Gasteiger partial charge in [0.2, 0.25) is 0 Å². The Morgan fingerprint density at radius 3 is 2.86 bits per heavy atom. The highest BCUT2D eigenvalue weighted by Gasteiger charge is 2.37.